The van der Waals surface area contributed by atoms with Crippen molar-refractivity contribution in [3.63, 3.8) is 0 Å². The summed E-state index contributed by atoms with van der Waals surface area (Å²) in [5, 5.41) is 5.93. The van der Waals surface area contributed by atoms with Crippen LogP contribution in [0.25, 0.3) is 0 Å². The fourth-order valence-corrected chi connectivity index (χ4v) is 3.35. The third-order valence-electron chi connectivity index (χ3n) is 5.16. The minimum atomic E-state index is -0.0593. The van der Waals surface area contributed by atoms with Gasteiger partial charge in [0, 0.05) is 30.4 Å². The normalized spacial score (nSPS) is 13.2. The van der Waals surface area contributed by atoms with Crippen LogP contribution in [0, 0.1) is 13.8 Å². The van der Waals surface area contributed by atoms with Crippen molar-refractivity contribution in [2.75, 3.05) is 30.8 Å². The number of benzene rings is 2. The average Bonchev–Trinajstić information content (AvgIpc) is 3.54. The summed E-state index contributed by atoms with van der Waals surface area (Å²) in [7, 11) is 1.61. The number of nitrogens with one attached hydrogen (secondary N) is 2. The van der Waals surface area contributed by atoms with E-state index in [-0.39, 0.29) is 11.8 Å². The monoisotopic (exact) mass is 395 g/mol. The highest BCUT2D eigenvalue weighted by Gasteiger charge is 2.30. The molecule has 1 aliphatic carbocycles. The molecule has 0 saturated heterocycles. The number of aryl methyl sites for hydroxylation is 2. The van der Waals surface area contributed by atoms with Crippen LogP contribution in [0.3, 0.4) is 0 Å². The van der Waals surface area contributed by atoms with E-state index in [1.165, 1.54) is 0 Å². The number of hydrogen-bond donors (Lipinski definition) is 2. The van der Waals surface area contributed by atoms with E-state index < -0.39 is 0 Å². The molecule has 0 atom stereocenters. The average molecular weight is 396 g/mol. The maximum atomic E-state index is 12.6. The van der Waals surface area contributed by atoms with E-state index in [1.807, 2.05) is 56.3 Å². The second-order valence-electron chi connectivity index (χ2n) is 7.54. The summed E-state index contributed by atoms with van der Waals surface area (Å²) in [6.45, 7) is 4.84. The largest absolute Gasteiger partial charge is 0.497 e. The van der Waals surface area contributed by atoms with Gasteiger partial charge in [-0.15, -0.1) is 0 Å². The minimum Gasteiger partial charge on any atom is -0.497 e. The smallest absolute Gasteiger partial charge is 0.238 e. The highest BCUT2D eigenvalue weighted by atomic mass is 16.5. The quantitative estimate of drug-likeness (QED) is 0.679. The van der Waals surface area contributed by atoms with Gasteiger partial charge < -0.3 is 15.4 Å². The van der Waals surface area contributed by atoms with E-state index in [1.54, 1.807) is 7.11 Å². The van der Waals surface area contributed by atoms with Crippen LogP contribution in [0.2, 0.25) is 0 Å². The Bertz CT molecular complexity index is 840. The summed E-state index contributed by atoms with van der Waals surface area (Å²) in [5.41, 5.74) is 3.72. The Morgan fingerprint density at radius 3 is 2.24 bits per heavy atom. The van der Waals surface area contributed by atoms with Crippen molar-refractivity contribution in [2.24, 2.45) is 0 Å². The van der Waals surface area contributed by atoms with E-state index in [9.17, 15) is 9.59 Å². The lowest BCUT2D eigenvalue weighted by Crippen LogP contribution is -2.37. The van der Waals surface area contributed by atoms with Crippen LogP contribution in [-0.2, 0) is 9.59 Å². The number of ether oxygens (including phenoxy) is 1. The number of para-hydroxylation sites is 1. The van der Waals surface area contributed by atoms with Crippen LogP contribution >= 0.6 is 0 Å². The molecule has 6 heteroatoms. The lowest BCUT2D eigenvalue weighted by molar-refractivity contribution is -0.119. The van der Waals surface area contributed by atoms with Crippen molar-refractivity contribution in [3.05, 3.63) is 53.6 Å². The number of carbonyl (C=O) groups excluding carboxylic acids is 2. The van der Waals surface area contributed by atoms with Crippen LogP contribution < -0.4 is 15.4 Å². The predicted molar refractivity (Wildman–Crippen MR) is 115 cm³/mol. The number of carbonyl (C=O) groups is 2. The molecular formula is C23H29N3O3. The van der Waals surface area contributed by atoms with Gasteiger partial charge in [0.25, 0.3) is 0 Å². The van der Waals surface area contributed by atoms with Crippen molar-refractivity contribution >= 4 is 23.2 Å². The molecule has 2 aromatic rings. The van der Waals surface area contributed by atoms with Crippen molar-refractivity contribution in [1.82, 2.24) is 4.90 Å². The Balaban J connectivity index is 1.50. The SMILES string of the molecule is COc1ccc(NC(=O)CCN(CC(=O)Nc2c(C)cccc2C)C2CC2)cc1. The summed E-state index contributed by atoms with van der Waals surface area (Å²) in [4.78, 5) is 27.0. The fraction of sp³-hybridized carbons (Fsp3) is 0.391. The molecule has 2 aromatic carbocycles. The molecule has 1 aliphatic rings. The number of nitrogens with zero attached hydrogens (tertiary/aromatic N) is 1. The molecule has 2 N–H and O–H groups in total. The molecule has 154 valence electrons. The molecule has 0 radical (unpaired) electrons. The summed E-state index contributed by atoms with van der Waals surface area (Å²) in [5.74, 6) is 0.652. The van der Waals surface area contributed by atoms with E-state index in [0.717, 1.165) is 41.1 Å². The zero-order valence-corrected chi connectivity index (χ0v) is 17.3. The van der Waals surface area contributed by atoms with Crippen LogP contribution in [0.1, 0.15) is 30.4 Å². The Hall–Kier alpha value is -2.86. The molecule has 0 bridgehead atoms. The first kappa shape index (κ1) is 20.9. The predicted octanol–water partition coefficient (Wildman–Crippen LogP) is 3.74. The molecule has 6 nitrogen and oxygen atoms in total. The Kier molecular flexibility index (Phi) is 6.88. The highest BCUT2D eigenvalue weighted by molar-refractivity contribution is 5.94. The van der Waals surface area contributed by atoms with E-state index in [4.69, 9.17) is 4.74 Å². The molecule has 1 saturated carbocycles. The van der Waals surface area contributed by atoms with Gasteiger partial charge >= 0.3 is 0 Å². The van der Waals surface area contributed by atoms with Crippen LogP contribution in [-0.4, -0.2) is 43.0 Å². The minimum absolute atomic E-state index is 0.0372. The Morgan fingerprint density at radius 1 is 1.00 bits per heavy atom. The first-order valence-corrected chi connectivity index (χ1v) is 10.0. The third-order valence-corrected chi connectivity index (χ3v) is 5.16. The number of anilines is 2. The lowest BCUT2D eigenvalue weighted by Gasteiger charge is -2.22. The first-order valence-electron chi connectivity index (χ1n) is 10.0. The van der Waals surface area contributed by atoms with Gasteiger partial charge in [-0.1, -0.05) is 18.2 Å². The highest BCUT2D eigenvalue weighted by Crippen LogP contribution is 2.27. The van der Waals surface area contributed by atoms with Gasteiger partial charge in [0.05, 0.1) is 13.7 Å². The van der Waals surface area contributed by atoms with Gasteiger partial charge in [-0.25, -0.2) is 0 Å². The van der Waals surface area contributed by atoms with Crippen molar-refractivity contribution < 1.29 is 14.3 Å². The summed E-state index contributed by atoms with van der Waals surface area (Å²) < 4.78 is 5.12. The van der Waals surface area contributed by atoms with Crippen molar-refractivity contribution in [2.45, 2.75) is 39.2 Å². The topological polar surface area (TPSA) is 70.7 Å². The molecule has 2 amide bonds. The number of hydrogen-bond acceptors (Lipinski definition) is 4. The van der Waals surface area contributed by atoms with Crippen LogP contribution in [0.4, 0.5) is 11.4 Å². The van der Waals surface area contributed by atoms with Crippen molar-refractivity contribution in [1.29, 1.82) is 0 Å². The summed E-state index contributed by atoms with van der Waals surface area (Å²) in [6, 6.07) is 13.6. The first-order chi connectivity index (χ1) is 14.0. The van der Waals surface area contributed by atoms with E-state index in [2.05, 4.69) is 15.5 Å². The third kappa shape index (κ3) is 6.06. The van der Waals surface area contributed by atoms with Gasteiger partial charge in [0.15, 0.2) is 0 Å². The second-order valence-corrected chi connectivity index (χ2v) is 7.54. The van der Waals surface area contributed by atoms with Crippen LogP contribution in [0.15, 0.2) is 42.5 Å². The van der Waals surface area contributed by atoms with Gasteiger partial charge in [-0.3, -0.25) is 14.5 Å². The van der Waals surface area contributed by atoms with Gasteiger partial charge in [-0.05, 0) is 62.1 Å². The maximum Gasteiger partial charge on any atom is 0.238 e. The molecule has 0 aromatic heterocycles. The van der Waals surface area contributed by atoms with Gasteiger partial charge in [0.2, 0.25) is 11.8 Å². The standard InChI is InChI=1S/C23H29N3O3/c1-16-5-4-6-17(2)23(16)25-22(28)15-26(19-9-10-19)14-13-21(27)24-18-7-11-20(29-3)12-8-18/h4-8,11-12,19H,9-10,13-15H2,1-3H3,(H,24,27)(H,25,28). The second kappa shape index (κ2) is 9.56. The number of methoxy groups -OCH3 is 1. The van der Waals surface area contributed by atoms with Crippen LogP contribution in [0.5, 0.6) is 5.75 Å². The number of amides is 2. The molecular weight excluding hydrogens is 366 g/mol. The van der Waals surface area contributed by atoms with E-state index in [0.29, 0.717) is 25.6 Å². The van der Waals surface area contributed by atoms with E-state index >= 15 is 0 Å². The molecule has 0 unspecified atom stereocenters. The molecule has 29 heavy (non-hydrogen) atoms. The zero-order valence-electron chi connectivity index (χ0n) is 17.3. The molecule has 0 aliphatic heterocycles. The number of rotatable bonds is 9. The Morgan fingerprint density at radius 2 is 1.66 bits per heavy atom. The maximum absolute atomic E-state index is 12.6. The lowest BCUT2D eigenvalue weighted by atomic mass is 10.1. The van der Waals surface area contributed by atoms with Gasteiger partial charge in [-0.2, -0.15) is 0 Å². The summed E-state index contributed by atoms with van der Waals surface area (Å²) in [6.07, 6.45) is 2.51. The zero-order chi connectivity index (χ0) is 20.8. The Labute approximate surface area is 172 Å². The molecule has 0 heterocycles. The van der Waals surface area contributed by atoms with Gasteiger partial charge in [0.1, 0.15) is 5.75 Å². The molecule has 1 fully saturated rings. The fourth-order valence-electron chi connectivity index (χ4n) is 3.35. The molecule has 3 rings (SSSR count). The summed E-state index contributed by atoms with van der Waals surface area (Å²) >= 11 is 0. The molecule has 0 spiro atoms. The van der Waals surface area contributed by atoms with Crippen molar-refractivity contribution in [3.8, 4) is 5.75 Å².